The highest BCUT2D eigenvalue weighted by atomic mass is 35.5. The Morgan fingerprint density at radius 3 is 2.73 bits per heavy atom. The van der Waals surface area contributed by atoms with Gasteiger partial charge in [-0.2, -0.15) is 10.2 Å². The molecular weight excluding hydrogens is 380 g/mol. The van der Waals surface area contributed by atoms with Gasteiger partial charge in [-0.15, -0.1) is 0 Å². The zero-order valence-electron chi connectivity index (χ0n) is 14.1. The van der Waals surface area contributed by atoms with Crippen LogP contribution >= 0.6 is 23.2 Å². The van der Waals surface area contributed by atoms with E-state index >= 15 is 0 Å². The van der Waals surface area contributed by atoms with Crippen molar-refractivity contribution >= 4 is 34.9 Å². The number of rotatable bonds is 5. The van der Waals surface area contributed by atoms with E-state index in [0.717, 1.165) is 5.69 Å². The number of nitrogens with one attached hydrogen (secondary N) is 1. The zero-order valence-corrected chi connectivity index (χ0v) is 15.6. The number of benzene rings is 1. The number of anilines is 1. The topological polar surface area (TPSA) is 64.7 Å². The monoisotopic (exact) mass is 395 g/mol. The number of nitrogens with zero attached hydrogens (tertiary/aromatic N) is 4. The quantitative estimate of drug-likeness (QED) is 0.705. The second-order valence-corrected chi connectivity index (χ2v) is 6.45. The van der Waals surface area contributed by atoms with Crippen molar-refractivity contribution in [2.24, 2.45) is 0 Å². The molecule has 6 nitrogen and oxygen atoms in total. The van der Waals surface area contributed by atoms with Gasteiger partial charge in [0.2, 0.25) is 0 Å². The molecule has 26 heavy (non-hydrogen) atoms. The van der Waals surface area contributed by atoms with Crippen LogP contribution in [0.3, 0.4) is 0 Å². The first-order chi connectivity index (χ1) is 12.4. The van der Waals surface area contributed by atoms with E-state index < -0.39 is 11.7 Å². The number of amides is 1. The van der Waals surface area contributed by atoms with Crippen molar-refractivity contribution in [3.63, 3.8) is 0 Å². The minimum Gasteiger partial charge on any atom is -0.304 e. The van der Waals surface area contributed by atoms with E-state index in [1.807, 2.05) is 6.92 Å². The van der Waals surface area contributed by atoms with Gasteiger partial charge in [0.15, 0.2) is 5.82 Å². The Morgan fingerprint density at radius 1 is 1.27 bits per heavy atom. The molecule has 0 fully saturated rings. The lowest BCUT2D eigenvalue weighted by molar-refractivity contribution is 0.101. The number of carbonyl (C=O) groups excluding carboxylic acids is 1. The average molecular weight is 396 g/mol. The van der Waals surface area contributed by atoms with E-state index in [9.17, 15) is 9.18 Å². The van der Waals surface area contributed by atoms with Gasteiger partial charge in [-0.3, -0.25) is 14.2 Å². The SMILES string of the molecule is CCn1ncc(Cl)c1C(=O)Nc1cc(C)n(Cc2c(F)cccc2Cl)n1. The molecule has 3 rings (SSSR count). The van der Waals surface area contributed by atoms with Crippen molar-refractivity contribution in [2.75, 3.05) is 5.32 Å². The summed E-state index contributed by atoms with van der Waals surface area (Å²) in [7, 11) is 0. The Morgan fingerprint density at radius 2 is 2.04 bits per heavy atom. The Hall–Kier alpha value is -2.38. The maximum absolute atomic E-state index is 14.0. The number of hydrogen-bond donors (Lipinski definition) is 1. The smallest absolute Gasteiger partial charge is 0.276 e. The van der Waals surface area contributed by atoms with Gasteiger partial charge in [0.05, 0.1) is 17.8 Å². The largest absolute Gasteiger partial charge is 0.304 e. The first kappa shape index (κ1) is 18.4. The summed E-state index contributed by atoms with van der Waals surface area (Å²) in [5.74, 6) is -0.487. The van der Waals surface area contributed by atoms with E-state index in [4.69, 9.17) is 23.2 Å². The molecule has 0 saturated carbocycles. The number of carbonyl (C=O) groups is 1. The van der Waals surface area contributed by atoms with E-state index in [1.54, 1.807) is 29.8 Å². The molecule has 0 spiro atoms. The third-order valence-electron chi connectivity index (χ3n) is 3.90. The molecule has 1 N–H and O–H groups in total. The Bertz CT molecular complexity index is 946. The third-order valence-corrected chi connectivity index (χ3v) is 4.53. The van der Waals surface area contributed by atoms with Crippen molar-refractivity contribution in [3.05, 3.63) is 63.3 Å². The highest BCUT2D eigenvalue weighted by Crippen LogP contribution is 2.22. The summed E-state index contributed by atoms with van der Waals surface area (Å²) in [6, 6.07) is 6.20. The predicted octanol–water partition coefficient (Wildman–Crippen LogP) is 4.15. The average Bonchev–Trinajstić information content (AvgIpc) is 3.13. The number of aromatic nitrogens is 4. The van der Waals surface area contributed by atoms with Crippen molar-refractivity contribution in [2.45, 2.75) is 26.9 Å². The minimum atomic E-state index is -0.414. The Balaban J connectivity index is 1.82. The highest BCUT2D eigenvalue weighted by Gasteiger charge is 2.19. The fourth-order valence-electron chi connectivity index (χ4n) is 2.57. The molecular formula is C17H16Cl2FN5O. The maximum atomic E-state index is 14.0. The van der Waals surface area contributed by atoms with Gasteiger partial charge >= 0.3 is 0 Å². The molecule has 2 aromatic heterocycles. The van der Waals surface area contributed by atoms with Gasteiger partial charge in [-0.1, -0.05) is 29.3 Å². The second-order valence-electron chi connectivity index (χ2n) is 5.64. The summed E-state index contributed by atoms with van der Waals surface area (Å²) < 4.78 is 17.0. The lowest BCUT2D eigenvalue weighted by Crippen LogP contribution is -2.18. The van der Waals surface area contributed by atoms with Crippen LogP contribution in [0.25, 0.3) is 0 Å². The van der Waals surface area contributed by atoms with Crippen LogP contribution in [-0.2, 0) is 13.1 Å². The fraction of sp³-hybridized carbons (Fsp3) is 0.235. The summed E-state index contributed by atoms with van der Waals surface area (Å²) >= 11 is 12.1. The van der Waals surface area contributed by atoms with Crippen LogP contribution in [0, 0.1) is 12.7 Å². The van der Waals surface area contributed by atoms with E-state index in [1.165, 1.54) is 16.9 Å². The van der Waals surface area contributed by atoms with E-state index in [2.05, 4.69) is 15.5 Å². The van der Waals surface area contributed by atoms with Gasteiger partial charge in [-0.05, 0) is 26.0 Å². The summed E-state index contributed by atoms with van der Waals surface area (Å²) in [6.07, 6.45) is 1.42. The van der Waals surface area contributed by atoms with Crippen LogP contribution in [0.4, 0.5) is 10.2 Å². The number of hydrogen-bond acceptors (Lipinski definition) is 3. The number of aryl methyl sites for hydroxylation is 2. The predicted molar refractivity (Wildman–Crippen MR) is 98.3 cm³/mol. The number of halogens is 3. The second kappa shape index (κ2) is 7.47. The molecule has 0 saturated heterocycles. The Labute approximate surface area is 159 Å². The molecule has 9 heteroatoms. The lowest BCUT2D eigenvalue weighted by Gasteiger charge is -2.08. The fourth-order valence-corrected chi connectivity index (χ4v) is 3.02. The first-order valence-corrected chi connectivity index (χ1v) is 8.66. The summed E-state index contributed by atoms with van der Waals surface area (Å²) in [5, 5.41) is 11.6. The standard InChI is InChI=1S/C17H16Cl2FN5O/c1-3-24-16(13(19)8-21-24)17(26)22-15-7-10(2)25(23-15)9-11-12(18)5-4-6-14(11)20/h4-8H,3,9H2,1-2H3,(H,22,23,26). The molecule has 1 aromatic carbocycles. The Kier molecular flexibility index (Phi) is 5.29. The van der Waals surface area contributed by atoms with Crippen molar-refractivity contribution in [1.29, 1.82) is 0 Å². The first-order valence-electron chi connectivity index (χ1n) is 7.90. The molecule has 3 aromatic rings. The molecule has 1 amide bonds. The van der Waals surface area contributed by atoms with Crippen molar-refractivity contribution in [3.8, 4) is 0 Å². The minimum absolute atomic E-state index is 0.154. The third kappa shape index (κ3) is 3.59. The molecule has 0 bridgehead atoms. The maximum Gasteiger partial charge on any atom is 0.276 e. The lowest BCUT2D eigenvalue weighted by atomic mass is 10.2. The summed E-state index contributed by atoms with van der Waals surface area (Å²) in [4.78, 5) is 12.5. The van der Waals surface area contributed by atoms with E-state index in [-0.39, 0.29) is 17.3 Å². The van der Waals surface area contributed by atoms with Crippen LogP contribution in [0.1, 0.15) is 28.7 Å². The zero-order chi connectivity index (χ0) is 18.8. The molecule has 0 atom stereocenters. The highest BCUT2D eigenvalue weighted by molar-refractivity contribution is 6.34. The van der Waals surface area contributed by atoms with Crippen molar-refractivity contribution in [1.82, 2.24) is 19.6 Å². The van der Waals surface area contributed by atoms with Gasteiger partial charge < -0.3 is 5.32 Å². The van der Waals surface area contributed by atoms with Gasteiger partial charge in [0.1, 0.15) is 11.5 Å². The summed E-state index contributed by atoms with van der Waals surface area (Å²) in [5.41, 5.74) is 1.35. The normalized spacial score (nSPS) is 11.0. The van der Waals surface area contributed by atoms with Crippen LogP contribution in [0.5, 0.6) is 0 Å². The van der Waals surface area contributed by atoms with Crippen LogP contribution in [0.2, 0.25) is 10.0 Å². The van der Waals surface area contributed by atoms with Crippen molar-refractivity contribution < 1.29 is 9.18 Å². The molecule has 2 heterocycles. The molecule has 0 unspecified atom stereocenters. The summed E-state index contributed by atoms with van der Waals surface area (Å²) in [6.45, 7) is 4.33. The van der Waals surface area contributed by atoms with Gasteiger partial charge in [0.25, 0.3) is 5.91 Å². The van der Waals surface area contributed by atoms with Crippen LogP contribution in [0.15, 0.2) is 30.5 Å². The van der Waals surface area contributed by atoms with Crippen LogP contribution < -0.4 is 5.32 Å². The molecule has 0 radical (unpaired) electrons. The molecule has 0 aliphatic rings. The molecule has 0 aliphatic carbocycles. The van der Waals surface area contributed by atoms with E-state index in [0.29, 0.717) is 22.9 Å². The molecule has 0 aliphatic heterocycles. The van der Waals surface area contributed by atoms with Gasteiger partial charge in [-0.25, -0.2) is 4.39 Å². The van der Waals surface area contributed by atoms with Crippen LogP contribution in [-0.4, -0.2) is 25.5 Å². The van der Waals surface area contributed by atoms with Gasteiger partial charge in [0, 0.05) is 28.9 Å². The molecule has 136 valence electrons.